The molecule has 4 rings (SSSR count). The zero-order valence-electron chi connectivity index (χ0n) is 41.6. The standard InChI is InChI=1S/C23H25F3N2O2.C21H29NO5.C7H6F3N.C2HF3O2/c1-16(27)21(29)14-18(11-10-17-6-3-2-4-7-17)12-13-22(30)28-20-9-5-8-19(15-20)23(24,25)26;1-15(22-20(26)27-21(2,3)4)18(23)14-17(12-13-19(24)25)11-10-16-8-6-5-7-9-16;8-7(9,10)5-2-1-3-6(11)4-5;3-2(4,5)1(6)7/h2-9,12-13,15-16,18H,10-11,14,27H2,1H3,(H,28,30);5-9,12-13,15,17H,10-11,14H2,1-4H3,(H,22,26)(H,24,25);1-4H,11H2;(H,6,7)/b2*13-12+;;/t16-,18-;15-,17-;;/m00../s1. The number of ether oxygens (including phenoxy) is 1. The number of hydrogen-bond acceptors (Lipinski definition) is 9. The third kappa shape index (κ3) is 30.3. The van der Waals surface area contributed by atoms with Crippen LogP contribution in [0.25, 0.3) is 0 Å². The predicted molar refractivity (Wildman–Crippen MR) is 264 cm³/mol. The Kier molecular flexibility index (Phi) is 27.3. The number of hydrogen-bond donors (Lipinski definition) is 6. The molecule has 0 aromatic heterocycles. The van der Waals surface area contributed by atoms with Crippen molar-refractivity contribution in [2.75, 3.05) is 11.1 Å². The minimum absolute atomic E-state index is 0.0481. The van der Waals surface area contributed by atoms with Gasteiger partial charge in [-0.2, -0.15) is 39.5 Å². The van der Waals surface area contributed by atoms with Gasteiger partial charge in [-0.3, -0.25) is 14.4 Å². The van der Waals surface area contributed by atoms with Crippen molar-refractivity contribution < 1.29 is 83.2 Å². The number of benzene rings is 4. The fourth-order valence-corrected chi connectivity index (χ4v) is 6.08. The van der Waals surface area contributed by atoms with Crippen molar-refractivity contribution in [3.8, 4) is 0 Å². The summed E-state index contributed by atoms with van der Waals surface area (Å²) >= 11 is 0. The van der Waals surface area contributed by atoms with E-state index in [1.807, 2.05) is 60.7 Å². The summed E-state index contributed by atoms with van der Waals surface area (Å²) in [6.07, 6.45) is -5.97. The summed E-state index contributed by atoms with van der Waals surface area (Å²) in [4.78, 5) is 68.2. The summed E-state index contributed by atoms with van der Waals surface area (Å²) in [5.41, 5.74) is 11.0. The molecule has 0 spiro atoms. The zero-order valence-corrected chi connectivity index (χ0v) is 41.6. The Morgan fingerprint density at radius 2 is 1.07 bits per heavy atom. The molecule has 0 heterocycles. The van der Waals surface area contributed by atoms with E-state index < -0.39 is 71.3 Å². The topological polar surface area (TPSA) is 228 Å². The van der Waals surface area contributed by atoms with Gasteiger partial charge >= 0.3 is 36.6 Å². The van der Waals surface area contributed by atoms with E-state index in [0.717, 1.165) is 54.3 Å². The molecule has 410 valence electrons. The number of alkyl carbamates (subject to hydrolysis) is 1. The van der Waals surface area contributed by atoms with E-state index >= 15 is 0 Å². The van der Waals surface area contributed by atoms with Gasteiger partial charge in [0.1, 0.15) is 11.4 Å². The first-order valence-corrected chi connectivity index (χ1v) is 22.8. The Labute approximate surface area is 428 Å². The molecule has 0 aliphatic heterocycles. The lowest BCUT2D eigenvalue weighted by molar-refractivity contribution is -0.192. The van der Waals surface area contributed by atoms with Crippen LogP contribution in [0, 0.1) is 11.8 Å². The second-order valence-electron chi connectivity index (χ2n) is 17.6. The molecule has 8 N–H and O–H groups in total. The second-order valence-corrected chi connectivity index (χ2v) is 17.6. The number of allylic oxidation sites excluding steroid dienone is 2. The maximum atomic E-state index is 12.8. The van der Waals surface area contributed by atoms with Crippen molar-refractivity contribution in [2.24, 2.45) is 17.6 Å². The third-order valence-electron chi connectivity index (χ3n) is 9.89. The lowest BCUT2D eigenvalue weighted by Gasteiger charge is -2.22. The number of rotatable bonds is 18. The molecular weight excluding hydrogens is 1010 g/mol. The lowest BCUT2D eigenvalue weighted by atomic mass is 9.92. The number of carbonyl (C=O) groups is 6. The van der Waals surface area contributed by atoms with Crippen molar-refractivity contribution >= 4 is 46.9 Å². The van der Waals surface area contributed by atoms with E-state index in [1.54, 1.807) is 46.8 Å². The molecule has 0 saturated heterocycles. The highest BCUT2D eigenvalue weighted by atomic mass is 19.4. The number of Topliss-reactive ketones (excluding diaryl/α,β-unsaturated/α-hetero) is 2. The zero-order chi connectivity index (χ0) is 57.2. The maximum absolute atomic E-state index is 12.8. The summed E-state index contributed by atoms with van der Waals surface area (Å²) in [5.74, 6) is -5.09. The van der Waals surface area contributed by atoms with Crippen LogP contribution in [0.15, 0.2) is 133 Å². The van der Waals surface area contributed by atoms with Gasteiger partial charge in [-0.05, 0) is 126 Å². The van der Waals surface area contributed by atoms with Crippen LogP contribution in [-0.2, 0) is 53.9 Å². The fourth-order valence-electron chi connectivity index (χ4n) is 6.08. The van der Waals surface area contributed by atoms with E-state index in [4.69, 9.17) is 31.2 Å². The average Bonchev–Trinajstić information content (AvgIpc) is 3.30. The van der Waals surface area contributed by atoms with E-state index in [-0.39, 0.29) is 47.6 Å². The van der Waals surface area contributed by atoms with Crippen molar-refractivity contribution in [3.63, 3.8) is 0 Å². The number of carbonyl (C=O) groups excluding carboxylic acids is 4. The van der Waals surface area contributed by atoms with E-state index in [1.165, 1.54) is 30.3 Å². The van der Waals surface area contributed by atoms with E-state index in [0.29, 0.717) is 12.8 Å². The van der Waals surface area contributed by atoms with Crippen molar-refractivity contribution in [3.05, 3.63) is 156 Å². The van der Waals surface area contributed by atoms with Gasteiger partial charge in [0.15, 0.2) is 5.78 Å². The van der Waals surface area contributed by atoms with Crippen LogP contribution in [0.2, 0.25) is 0 Å². The van der Waals surface area contributed by atoms with Crippen LogP contribution in [0.3, 0.4) is 0 Å². The summed E-state index contributed by atoms with van der Waals surface area (Å²) < 4.78 is 111. The molecule has 0 radical (unpaired) electrons. The Morgan fingerprint density at radius 3 is 1.47 bits per heavy atom. The molecule has 4 aromatic carbocycles. The van der Waals surface area contributed by atoms with Crippen LogP contribution in [-0.4, -0.2) is 69.6 Å². The molecule has 13 nitrogen and oxygen atoms in total. The van der Waals surface area contributed by atoms with Crippen molar-refractivity contribution in [1.82, 2.24) is 5.32 Å². The quantitative estimate of drug-likeness (QED) is 0.0312. The highest BCUT2D eigenvalue weighted by Gasteiger charge is 2.38. The molecule has 0 aliphatic carbocycles. The minimum atomic E-state index is -5.08. The molecule has 0 unspecified atom stereocenters. The van der Waals surface area contributed by atoms with Gasteiger partial charge < -0.3 is 37.1 Å². The fraction of sp³-hybridized carbons (Fsp3) is 0.358. The minimum Gasteiger partial charge on any atom is -0.478 e. The Morgan fingerprint density at radius 1 is 0.627 bits per heavy atom. The number of nitrogens with two attached hydrogens (primary N) is 2. The van der Waals surface area contributed by atoms with Crippen molar-refractivity contribution in [1.29, 1.82) is 0 Å². The van der Waals surface area contributed by atoms with Gasteiger partial charge in [0.25, 0.3) is 0 Å². The molecule has 4 atom stereocenters. The Balaban J connectivity index is 0.000000567. The van der Waals surface area contributed by atoms with Gasteiger partial charge in [-0.25, -0.2) is 14.4 Å². The van der Waals surface area contributed by atoms with Crippen LogP contribution in [0.5, 0.6) is 0 Å². The van der Waals surface area contributed by atoms with Crippen molar-refractivity contribution in [2.45, 2.75) is 109 Å². The summed E-state index contributed by atoms with van der Waals surface area (Å²) in [6.45, 7) is 8.45. The number of aliphatic carboxylic acids is 2. The highest BCUT2D eigenvalue weighted by Crippen LogP contribution is 2.31. The molecule has 0 bridgehead atoms. The van der Waals surface area contributed by atoms with E-state index in [9.17, 15) is 63.5 Å². The lowest BCUT2D eigenvalue weighted by Crippen LogP contribution is -2.42. The number of carboxylic acid groups (broad SMARTS) is 2. The highest BCUT2D eigenvalue weighted by molar-refractivity contribution is 5.99. The smallest absolute Gasteiger partial charge is 0.478 e. The number of aryl methyl sites for hydroxylation is 2. The van der Waals surface area contributed by atoms with Gasteiger partial charge in [0.05, 0.1) is 23.2 Å². The molecule has 2 amide bonds. The first kappa shape index (κ1) is 65.5. The average molecular weight is 1070 g/mol. The molecule has 22 heteroatoms. The number of halogens is 9. The molecule has 0 saturated carbocycles. The number of amides is 2. The molecule has 0 fully saturated rings. The number of nitrogen functional groups attached to an aromatic ring is 1. The maximum Gasteiger partial charge on any atom is 0.490 e. The van der Waals surface area contributed by atoms with Crippen LogP contribution >= 0.6 is 0 Å². The number of ketones is 2. The van der Waals surface area contributed by atoms with Gasteiger partial charge in [-0.1, -0.05) is 84.9 Å². The summed E-state index contributed by atoms with van der Waals surface area (Å²) in [7, 11) is 0. The molecular formula is C53H61F9N4O9. The van der Waals surface area contributed by atoms with Crippen LogP contribution < -0.4 is 22.1 Å². The third-order valence-corrected chi connectivity index (χ3v) is 9.89. The van der Waals surface area contributed by atoms with Gasteiger partial charge in [0, 0.05) is 30.3 Å². The first-order valence-electron chi connectivity index (χ1n) is 22.8. The molecule has 0 aliphatic rings. The van der Waals surface area contributed by atoms with Crippen LogP contribution in [0.1, 0.15) is 82.6 Å². The summed E-state index contributed by atoms with van der Waals surface area (Å²) in [5, 5.41) is 21.0. The number of nitrogens with one attached hydrogen (secondary N) is 2. The monoisotopic (exact) mass is 1070 g/mol. The molecule has 75 heavy (non-hydrogen) atoms. The first-order chi connectivity index (χ1) is 34.7. The van der Waals surface area contributed by atoms with E-state index in [2.05, 4.69) is 10.6 Å². The second kappa shape index (κ2) is 31.3. The normalized spacial score (nSPS) is 13.2. The van der Waals surface area contributed by atoms with Crippen LogP contribution in [0.4, 0.5) is 55.7 Å². The Bertz CT molecular complexity index is 2490. The number of alkyl halides is 9. The SMILES string of the molecule is C[C@H](N)C(=O)C[C@H](/C=C/C(=O)Nc1cccc(C(F)(F)F)c1)CCc1ccccc1.C[C@H](NC(=O)OC(C)(C)C)C(=O)C[C@H](/C=C/C(=O)O)CCc1ccccc1.Nc1cccc(C(F)(F)F)c1.O=C(O)C(F)(F)F. The predicted octanol–water partition coefficient (Wildman–Crippen LogP) is 11.4. The Hall–Kier alpha value is -7.49. The van der Waals surface area contributed by atoms with Gasteiger partial charge in [0.2, 0.25) is 5.91 Å². The van der Waals surface area contributed by atoms with Gasteiger partial charge in [-0.15, -0.1) is 0 Å². The molecule has 4 aromatic rings. The number of carboxylic acids is 2. The summed E-state index contributed by atoms with van der Waals surface area (Å²) in [6, 6.07) is 27.2. The largest absolute Gasteiger partial charge is 0.490 e. The number of anilines is 2.